The van der Waals surface area contributed by atoms with Crippen LogP contribution in [-0.2, 0) is 11.3 Å². The van der Waals surface area contributed by atoms with Gasteiger partial charge in [-0.05, 0) is 66.9 Å². The Kier molecular flexibility index (Phi) is 8.17. The molecule has 0 radical (unpaired) electrons. The lowest BCUT2D eigenvalue weighted by molar-refractivity contribution is -0.384. The van der Waals surface area contributed by atoms with E-state index in [-0.39, 0.29) is 18.3 Å². The zero-order valence-corrected chi connectivity index (χ0v) is 23.9. The molecule has 1 atom stereocenters. The van der Waals surface area contributed by atoms with Crippen molar-refractivity contribution < 1.29 is 19.2 Å². The largest absolute Gasteiger partial charge is 0.497 e. The molecule has 0 spiro atoms. The number of carbonyl (C=O) groups excluding carboxylic acids is 2. The van der Waals surface area contributed by atoms with Crippen LogP contribution in [0.2, 0.25) is 0 Å². The van der Waals surface area contributed by atoms with Crippen LogP contribution in [0.4, 0.5) is 16.2 Å². The lowest BCUT2D eigenvalue weighted by Gasteiger charge is -2.36. The number of benzene rings is 3. The van der Waals surface area contributed by atoms with Crippen molar-refractivity contribution in [2.75, 3.05) is 12.4 Å². The minimum atomic E-state index is -0.751. The molecule has 3 aromatic rings. The molecule has 1 heterocycles. The van der Waals surface area contributed by atoms with Crippen molar-refractivity contribution in [3.05, 3.63) is 108 Å². The molecule has 1 aliphatic rings. The summed E-state index contributed by atoms with van der Waals surface area (Å²) < 4.78 is 6.79. The number of nitrogens with zero attached hydrogens (tertiary/aromatic N) is 2. The topological polar surface area (TPSA) is 114 Å². The number of nitro groups is 1. The molecule has 0 aromatic heterocycles. The van der Waals surface area contributed by atoms with Gasteiger partial charge in [0.1, 0.15) is 5.75 Å². The number of methoxy groups -OCH3 is 1. The Morgan fingerprint density at radius 3 is 2.34 bits per heavy atom. The van der Waals surface area contributed by atoms with E-state index in [1.165, 1.54) is 29.2 Å². The van der Waals surface area contributed by atoms with Crippen molar-refractivity contribution in [1.82, 2.24) is 10.2 Å². The lowest BCUT2D eigenvalue weighted by atomic mass is 9.93. The highest BCUT2D eigenvalue weighted by Gasteiger charge is 2.37. The molecule has 3 aromatic carbocycles. The van der Waals surface area contributed by atoms with E-state index in [2.05, 4.69) is 42.5 Å². The zero-order valence-electron chi connectivity index (χ0n) is 20.7. The number of non-ortho nitro benzene ring substituents is 1. The third-order valence-corrected chi connectivity index (χ3v) is 7.81. The molecule has 0 bridgehead atoms. The van der Waals surface area contributed by atoms with Crippen LogP contribution in [0.3, 0.4) is 0 Å². The minimum Gasteiger partial charge on any atom is -0.497 e. The fraction of sp³-hybridized carbons (Fsp3) is 0.185. The number of allylic oxidation sites excluding steroid dienone is 1. The summed E-state index contributed by atoms with van der Waals surface area (Å²) in [5.41, 5.74) is 3.68. The molecule has 0 saturated heterocycles. The molecule has 1 aliphatic heterocycles. The molecule has 1 unspecified atom stereocenters. The normalized spacial score (nSPS) is 15.2. The lowest BCUT2D eigenvalue weighted by Crippen LogP contribution is -2.48. The predicted molar refractivity (Wildman–Crippen MR) is 151 cm³/mol. The smallest absolute Gasteiger partial charge is 0.322 e. The maximum absolute atomic E-state index is 13.7. The maximum Gasteiger partial charge on any atom is 0.322 e. The monoisotopic (exact) mass is 642 g/mol. The number of halogens is 2. The molecule has 9 nitrogen and oxygen atoms in total. The number of anilines is 1. The third-order valence-electron chi connectivity index (χ3n) is 6.27. The van der Waals surface area contributed by atoms with Gasteiger partial charge in [0, 0.05) is 32.5 Å². The Balaban J connectivity index is 1.75. The summed E-state index contributed by atoms with van der Waals surface area (Å²) in [7, 11) is 1.58. The number of amides is 3. The van der Waals surface area contributed by atoms with E-state index in [0.717, 1.165) is 20.1 Å². The van der Waals surface area contributed by atoms with Gasteiger partial charge in [0.05, 0.1) is 30.2 Å². The van der Waals surface area contributed by atoms with Crippen molar-refractivity contribution in [3.63, 3.8) is 0 Å². The van der Waals surface area contributed by atoms with E-state index in [1.807, 2.05) is 43.3 Å². The summed E-state index contributed by atoms with van der Waals surface area (Å²) in [5.74, 6) is 0.256. The van der Waals surface area contributed by atoms with E-state index in [1.54, 1.807) is 14.0 Å². The van der Waals surface area contributed by atoms with Crippen LogP contribution in [0.25, 0.3) is 0 Å². The number of ether oxygens (including phenoxy) is 1. The number of hydrogen-bond acceptors (Lipinski definition) is 5. The fourth-order valence-electron chi connectivity index (χ4n) is 4.16. The van der Waals surface area contributed by atoms with Gasteiger partial charge < -0.3 is 15.4 Å². The number of carbonyl (C=O) groups is 2. The Morgan fingerprint density at radius 1 is 1.08 bits per heavy atom. The van der Waals surface area contributed by atoms with Gasteiger partial charge >= 0.3 is 6.03 Å². The van der Waals surface area contributed by atoms with Crippen LogP contribution < -0.4 is 15.4 Å². The fourth-order valence-corrected chi connectivity index (χ4v) is 5.21. The van der Waals surface area contributed by atoms with E-state index >= 15 is 0 Å². The predicted octanol–water partition coefficient (Wildman–Crippen LogP) is 6.62. The Hall–Kier alpha value is -3.70. The molecule has 38 heavy (non-hydrogen) atoms. The third kappa shape index (κ3) is 5.73. The standard InChI is InChI=1S/C27H24Br2N4O5/c1-15-12-23(29)21(13-22(15)28)25-24(26(34)30-18-6-8-19(9-7-18)33(36)37)16(2)32(27(35)31-25)14-17-4-10-20(38-3)11-5-17/h4-13,25H,14H2,1-3H3,(H,30,34)(H,31,35). The number of nitro benzene ring substituents is 1. The van der Waals surface area contributed by atoms with E-state index < -0.39 is 16.9 Å². The molecule has 2 N–H and O–H groups in total. The van der Waals surface area contributed by atoms with Gasteiger partial charge in [-0.1, -0.05) is 44.0 Å². The molecule has 196 valence electrons. The van der Waals surface area contributed by atoms with Crippen LogP contribution in [0.15, 0.2) is 80.9 Å². The Labute approximate surface area is 236 Å². The molecule has 3 amide bonds. The van der Waals surface area contributed by atoms with Crippen molar-refractivity contribution in [2.45, 2.75) is 26.4 Å². The second-order valence-corrected chi connectivity index (χ2v) is 10.4. The second-order valence-electron chi connectivity index (χ2n) is 8.70. The molecular formula is C27H24Br2N4O5. The zero-order chi connectivity index (χ0) is 27.6. The molecule has 0 aliphatic carbocycles. The van der Waals surface area contributed by atoms with Gasteiger partial charge in [0.25, 0.3) is 11.6 Å². The summed E-state index contributed by atoms with van der Waals surface area (Å²) in [6.07, 6.45) is 0. The highest BCUT2D eigenvalue weighted by atomic mass is 79.9. The molecule has 0 fully saturated rings. The van der Waals surface area contributed by atoms with Gasteiger partial charge in [0.15, 0.2) is 0 Å². The Morgan fingerprint density at radius 2 is 1.74 bits per heavy atom. The quantitative estimate of drug-likeness (QED) is 0.222. The summed E-state index contributed by atoms with van der Waals surface area (Å²) in [6.45, 7) is 3.91. The van der Waals surface area contributed by atoms with Gasteiger partial charge in [-0.3, -0.25) is 19.8 Å². The molecular weight excluding hydrogens is 620 g/mol. The van der Waals surface area contributed by atoms with Crippen LogP contribution in [0, 0.1) is 17.0 Å². The van der Waals surface area contributed by atoms with Gasteiger partial charge in [-0.25, -0.2) is 4.79 Å². The first-order chi connectivity index (χ1) is 18.1. The van der Waals surface area contributed by atoms with Crippen molar-refractivity contribution >= 4 is 55.2 Å². The highest BCUT2D eigenvalue weighted by molar-refractivity contribution is 9.11. The van der Waals surface area contributed by atoms with Crippen molar-refractivity contribution in [1.29, 1.82) is 0 Å². The molecule has 11 heteroatoms. The van der Waals surface area contributed by atoms with Crippen LogP contribution in [0.1, 0.15) is 29.7 Å². The van der Waals surface area contributed by atoms with Crippen LogP contribution in [-0.4, -0.2) is 28.9 Å². The molecule has 0 saturated carbocycles. The summed E-state index contributed by atoms with van der Waals surface area (Å²) in [6, 6.07) is 15.6. The summed E-state index contributed by atoms with van der Waals surface area (Å²) in [4.78, 5) is 39.1. The Bertz CT molecular complexity index is 1440. The van der Waals surface area contributed by atoms with Crippen LogP contribution in [0.5, 0.6) is 5.75 Å². The van der Waals surface area contributed by atoms with E-state index in [0.29, 0.717) is 28.3 Å². The number of nitrogens with one attached hydrogen (secondary N) is 2. The summed E-state index contributed by atoms with van der Waals surface area (Å²) in [5, 5.41) is 16.8. The average molecular weight is 644 g/mol. The SMILES string of the molecule is COc1ccc(CN2C(=O)NC(c3cc(Br)c(C)cc3Br)C(C(=O)Nc3ccc([N+](=O)[O-])cc3)=C2C)cc1. The van der Waals surface area contributed by atoms with Gasteiger partial charge in [-0.15, -0.1) is 0 Å². The number of urea groups is 1. The number of aryl methyl sites for hydroxylation is 1. The first-order valence-electron chi connectivity index (χ1n) is 11.5. The summed E-state index contributed by atoms with van der Waals surface area (Å²) >= 11 is 7.14. The van der Waals surface area contributed by atoms with Crippen molar-refractivity contribution in [2.24, 2.45) is 0 Å². The number of rotatable bonds is 7. The minimum absolute atomic E-state index is 0.0831. The molecule has 4 rings (SSSR count). The second kappa shape index (κ2) is 11.4. The van der Waals surface area contributed by atoms with Crippen molar-refractivity contribution in [3.8, 4) is 5.75 Å². The maximum atomic E-state index is 13.7. The first kappa shape index (κ1) is 27.3. The van der Waals surface area contributed by atoms with Crippen LogP contribution >= 0.6 is 31.9 Å². The van der Waals surface area contributed by atoms with Gasteiger partial charge in [-0.2, -0.15) is 0 Å². The average Bonchev–Trinajstić information content (AvgIpc) is 2.89. The number of hydrogen-bond donors (Lipinski definition) is 2. The first-order valence-corrected chi connectivity index (χ1v) is 13.1. The van der Waals surface area contributed by atoms with Gasteiger partial charge in [0.2, 0.25) is 0 Å². The van der Waals surface area contributed by atoms with E-state index in [4.69, 9.17) is 4.74 Å². The highest BCUT2D eigenvalue weighted by Crippen LogP contribution is 2.38. The van der Waals surface area contributed by atoms with E-state index in [9.17, 15) is 19.7 Å².